The molecule has 0 radical (unpaired) electrons. The number of benzene rings is 1. The maximum Gasteiger partial charge on any atom is 0.255 e. The van der Waals surface area contributed by atoms with E-state index in [1.54, 1.807) is 29.9 Å². The Bertz CT molecular complexity index is 1060. The lowest BCUT2D eigenvalue weighted by Crippen LogP contribution is -2.40. The average Bonchev–Trinajstić information content (AvgIpc) is 2.98. The number of amides is 2. The quantitative estimate of drug-likeness (QED) is 0.673. The predicted octanol–water partition coefficient (Wildman–Crippen LogP) is 3.02. The van der Waals surface area contributed by atoms with Crippen molar-refractivity contribution in [2.45, 2.75) is 27.3 Å². The van der Waals surface area contributed by atoms with Crippen molar-refractivity contribution in [1.82, 2.24) is 25.0 Å². The van der Waals surface area contributed by atoms with E-state index in [1.165, 1.54) is 4.90 Å². The normalized spacial score (nSPS) is 10.9. The van der Waals surface area contributed by atoms with Crippen LogP contribution in [0.1, 0.15) is 34.2 Å². The van der Waals surface area contributed by atoms with Gasteiger partial charge in [0, 0.05) is 30.9 Å². The van der Waals surface area contributed by atoms with Gasteiger partial charge in [0.1, 0.15) is 0 Å². The Morgan fingerprint density at radius 2 is 1.90 bits per heavy atom. The largest absolute Gasteiger partial charge is 0.350 e. The summed E-state index contributed by atoms with van der Waals surface area (Å²) in [4.78, 5) is 31.7. The number of hydrogen-bond donors (Lipinski definition) is 1. The Morgan fingerprint density at radius 1 is 1.21 bits per heavy atom. The van der Waals surface area contributed by atoms with Crippen LogP contribution in [0.15, 0.2) is 30.3 Å². The molecule has 0 aliphatic rings. The molecule has 0 saturated heterocycles. The van der Waals surface area contributed by atoms with Crippen molar-refractivity contribution >= 4 is 34.4 Å². The number of aromatic nitrogens is 3. The molecule has 2 aromatic heterocycles. The number of carbonyl (C=O) groups excluding carboxylic acids is 2. The first kappa shape index (κ1) is 20.8. The Balaban J connectivity index is 1.76. The van der Waals surface area contributed by atoms with Gasteiger partial charge in [-0.05, 0) is 44.5 Å². The molecule has 7 nitrogen and oxygen atoms in total. The second-order valence-electron chi connectivity index (χ2n) is 6.94. The van der Waals surface area contributed by atoms with E-state index in [-0.39, 0.29) is 18.4 Å². The van der Waals surface area contributed by atoms with Crippen LogP contribution in [-0.4, -0.2) is 44.6 Å². The lowest BCUT2D eigenvalue weighted by Gasteiger charge is -2.21. The van der Waals surface area contributed by atoms with Gasteiger partial charge >= 0.3 is 0 Å². The highest BCUT2D eigenvalue weighted by molar-refractivity contribution is 6.30. The Morgan fingerprint density at radius 3 is 2.55 bits per heavy atom. The van der Waals surface area contributed by atoms with E-state index in [1.807, 2.05) is 32.9 Å². The zero-order valence-corrected chi connectivity index (χ0v) is 17.7. The number of pyridine rings is 1. The first-order valence-corrected chi connectivity index (χ1v) is 9.79. The molecular formula is C21H24ClN5O2. The van der Waals surface area contributed by atoms with Gasteiger partial charge in [-0.25, -0.2) is 4.98 Å². The molecule has 3 rings (SSSR count). The number of hydrogen-bond acceptors (Lipinski definition) is 4. The highest BCUT2D eigenvalue weighted by atomic mass is 35.5. The van der Waals surface area contributed by atoms with Crippen molar-refractivity contribution in [3.8, 4) is 0 Å². The van der Waals surface area contributed by atoms with Crippen LogP contribution in [0.3, 0.4) is 0 Å². The van der Waals surface area contributed by atoms with Gasteiger partial charge in [0.25, 0.3) is 5.91 Å². The molecule has 0 bridgehead atoms. The maximum atomic E-state index is 13.2. The predicted molar refractivity (Wildman–Crippen MR) is 113 cm³/mol. The zero-order valence-electron chi connectivity index (χ0n) is 17.0. The molecule has 0 saturated carbocycles. The van der Waals surface area contributed by atoms with Crippen LogP contribution in [0.4, 0.5) is 0 Å². The number of fused-ring (bicyclic) bond motifs is 1. The van der Waals surface area contributed by atoms with E-state index in [2.05, 4.69) is 15.4 Å². The average molecular weight is 414 g/mol. The molecule has 0 aliphatic carbocycles. The third-order valence-corrected chi connectivity index (χ3v) is 4.99. The maximum absolute atomic E-state index is 13.2. The highest BCUT2D eigenvalue weighted by Crippen LogP contribution is 2.23. The number of rotatable bonds is 6. The van der Waals surface area contributed by atoms with Gasteiger partial charge < -0.3 is 10.2 Å². The fraction of sp³-hybridized carbons (Fsp3) is 0.333. The third-order valence-electron chi connectivity index (χ3n) is 4.73. The van der Waals surface area contributed by atoms with Crippen molar-refractivity contribution in [3.05, 3.63) is 57.9 Å². The minimum atomic E-state index is -0.222. The van der Waals surface area contributed by atoms with E-state index in [0.717, 1.165) is 22.3 Å². The Hall–Kier alpha value is -2.93. The molecule has 8 heteroatoms. The van der Waals surface area contributed by atoms with E-state index in [0.29, 0.717) is 29.3 Å². The molecule has 0 spiro atoms. The van der Waals surface area contributed by atoms with Crippen molar-refractivity contribution < 1.29 is 9.59 Å². The van der Waals surface area contributed by atoms with Crippen molar-refractivity contribution in [2.75, 3.05) is 13.1 Å². The van der Waals surface area contributed by atoms with E-state index in [9.17, 15) is 9.59 Å². The smallest absolute Gasteiger partial charge is 0.255 e. The fourth-order valence-corrected chi connectivity index (χ4v) is 3.39. The number of carbonyl (C=O) groups is 2. The van der Waals surface area contributed by atoms with Crippen LogP contribution < -0.4 is 5.32 Å². The van der Waals surface area contributed by atoms with Gasteiger partial charge in [0.2, 0.25) is 5.91 Å². The van der Waals surface area contributed by atoms with E-state index < -0.39 is 0 Å². The standard InChI is InChI=1S/C21H24ClN5O2/c1-5-27(12-18(28)23-11-15-6-8-16(22)9-7-15)21(29)17-10-13(2)24-20-19(17)14(3)25-26(20)4/h6-10H,5,11-12H2,1-4H3,(H,23,28). The number of likely N-dealkylation sites (N-methyl/N-ethyl adjacent to an activating group) is 1. The monoisotopic (exact) mass is 413 g/mol. The number of halogens is 1. The lowest BCUT2D eigenvalue weighted by atomic mass is 10.1. The first-order chi connectivity index (χ1) is 13.8. The molecule has 3 aromatic rings. The van der Waals surface area contributed by atoms with Crippen LogP contribution in [0, 0.1) is 13.8 Å². The first-order valence-electron chi connectivity index (χ1n) is 9.41. The molecule has 0 atom stereocenters. The molecular weight excluding hydrogens is 390 g/mol. The fourth-order valence-electron chi connectivity index (χ4n) is 3.27. The van der Waals surface area contributed by atoms with E-state index >= 15 is 0 Å². The lowest BCUT2D eigenvalue weighted by molar-refractivity contribution is -0.121. The van der Waals surface area contributed by atoms with Gasteiger partial charge in [-0.2, -0.15) is 5.10 Å². The molecule has 0 unspecified atom stereocenters. The molecule has 1 aromatic carbocycles. The molecule has 0 aliphatic heterocycles. The molecule has 1 N–H and O–H groups in total. The van der Waals surface area contributed by atoms with Crippen molar-refractivity contribution in [1.29, 1.82) is 0 Å². The zero-order chi connectivity index (χ0) is 21.1. The van der Waals surface area contributed by atoms with Crippen LogP contribution in [0.2, 0.25) is 5.02 Å². The molecule has 2 heterocycles. The summed E-state index contributed by atoms with van der Waals surface area (Å²) in [6, 6.07) is 9.02. The van der Waals surface area contributed by atoms with Crippen LogP contribution in [0.25, 0.3) is 11.0 Å². The summed E-state index contributed by atoms with van der Waals surface area (Å²) >= 11 is 5.88. The minimum absolute atomic E-state index is 0.0227. The van der Waals surface area contributed by atoms with E-state index in [4.69, 9.17) is 11.6 Å². The Labute approximate surface area is 174 Å². The number of aryl methyl sites for hydroxylation is 3. The summed E-state index contributed by atoms with van der Waals surface area (Å²) in [5.74, 6) is -0.430. The van der Waals surface area contributed by atoms with Gasteiger partial charge in [-0.3, -0.25) is 14.3 Å². The van der Waals surface area contributed by atoms with Gasteiger partial charge in [0.05, 0.1) is 23.2 Å². The summed E-state index contributed by atoms with van der Waals surface area (Å²) in [6.07, 6.45) is 0. The molecule has 29 heavy (non-hydrogen) atoms. The summed E-state index contributed by atoms with van der Waals surface area (Å²) in [5, 5.41) is 8.60. The van der Waals surface area contributed by atoms with Gasteiger partial charge in [0.15, 0.2) is 5.65 Å². The number of nitrogens with zero attached hydrogens (tertiary/aromatic N) is 4. The SMILES string of the molecule is CCN(CC(=O)NCc1ccc(Cl)cc1)C(=O)c1cc(C)nc2c1c(C)nn2C. The second-order valence-corrected chi connectivity index (χ2v) is 7.38. The molecule has 0 fully saturated rings. The van der Waals surface area contributed by atoms with Crippen molar-refractivity contribution in [2.24, 2.45) is 7.05 Å². The van der Waals surface area contributed by atoms with Gasteiger partial charge in [-0.1, -0.05) is 23.7 Å². The van der Waals surface area contributed by atoms with Crippen LogP contribution >= 0.6 is 11.6 Å². The summed E-state index contributed by atoms with van der Waals surface area (Å²) < 4.78 is 1.67. The highest BCUT2D eigenvalue weighted by Gasteiger charge is 2.23. The topological polar surface area (TPSA) is 80.1 Å². The summed E-state index contributed by atoms with van der Waals surface area (Å²) in [5.41, 5.74) is 3.59. The Kier molecular flexibility index (Phi) is 6.17. The third kappa shape index (κ3) is 4.56. The van der Waals surface area contributed by atoms with Crippen LogP contribution in [-0.2, 0) is 18.4 Å². The summed E-state index contributed by atoms with van der Waals surface area (Å²) in [7, 11) is 1.80. The molecule has 152 valence electrons. The second kappa shape index (κ2) is 8.61. The summed E-state index contributed by atoms with van der Waals surface area (Å²) in [6.45, 7) is 6.31. The molecule has 2 amide bonds. The minimum Gasteiger partial charge on any atom is -0.350 e. The van der Waals surface area contributed by atoms with Gasteiger partial charge in [-0.15, -0.1) is 0 Å². The van der Waals surface area contributed by atoms with Crippen molar-refractivity contribution in [3.63, 3.8) is 0 Å². The van der Waals surface area contributed by atoms with Crippen LogP contribution in [0.5, 0.6) is 0 Å². The number of nitrogens with one attached hydrogen (secondary N) is 1.